The van der Waals surface area contributed by atoms with Crippen LogP contribution in [-0.4, -0.2) is 59.8 Å². The molecule has 1 atom stereocenters. The molecule has 1 amide bonds. The Kier molecular flexibility index (Phi) is 7.22. The lowest BCUT2D eigenvalue weighted by molar-refractivity contribution is -0.156. The van der Waals surface area contributed by atoms with Crippen molar-refractivity contribution < 1.29 is 19.1 Å². The molecule has 0 bridgehead atoms. The number of rotatable bonds is 7. The number of likely N-dealkylation sites (N-methyl/N-ethyl adjacent to an activating group) is 2. The number of hydrogen-bond acceptors (Lipinski definition) is 7. The quantitative estimate of drug-likeness (QED) is 0.606. The summed E-state index contributed by atoms with van der Waals surface area (Å²) in [6, 6.07) is 8.73. The van der Waals surface area contributed by atoms with Crippen LogP contribution in [-0.2, 0) is 24.7 Å². The van der Waals surface area contributed by atoms with Crippen molar-refractivity contribution in [1.29, 1.82) is 0 Å². The molecule has 31 heavy (non-hydrogen) atoms. The first kappa shape index (κ1) is 22.7. The molecule has 0 spiro atoms. The number of aromatic nitrogens is 2. The minimum atomic E-state index is -1.16. The highest BCUT2D eigenvalue weighted by Crippen LogP contribution is 2.42. The number of benzene rings is 1. The smallest absolute Gasteiger partial charge is 0.326 e. The maximum atomic E-state index is 13.1. The fourth-order valence-electron chi connectivity index (χ4n) is 3.88. The van der Waals surface area contributed by atoms with Crippen LogP contribution in [0.4, 0.5) is 5.95 Å². The second-order valence-electron chi connectivity index (χ2n) is 7.49. The molecule has 0 unspecified atom stereocenters. The van der Waals surface area contributed by atoms with E-state index in [0.29, 0.717) is 29.4 Å². The van der Waals surface area contributed by atoms with Crippen molar-refractivity contribution in [3.05, 3.63) is 53.3 Å². The normalized spacial score (nSPS) is 18.4. The summed E-state index contributed by atoms with van der Waals surface area (Å²) < 4.78 is 5.18. The Bertz CT molecular complexity index is 956. The summed E-state index contributed by atoms with van der Waals surface area (Å²) in [6.07, 6.45) is 5.53. The first-order valence-corrected chi connectivity index (χ1v) is 10.4. The van der Waals surface area contributed by atoms with Gasteiger partial charge >= 0.3 is 5.97 Å². The predicted octanol–water partition coefficient (Wildman–Crippen LogP) is 2.61. The van der Waals surface area contributed by atoms with Gasteiger partial charge < -0.3 is 14.5 Å². The van der Waals surface area contributed by atoms with Crippen LogP contribution in [0.1, 0.15) is 31.2 Å². The number of nitrogens with zero attached hydrogens (tertiary/aromatic N) is 4. The highest BCUT2D eigenvalue weighted by molar-refractivity contribution is 6.31. The molecule has 8 nitrogen and oxygen atoms in total. The van der Waals surface area contributed by atoms with Crippen LogP contribution >= 0.6 is 11.6 Å². The zero-order valence-corrected chi connectivity index (χ0v) is 18.3. The first-order valence-electron chi connectivity index (χ1n) is 10.0. The van der Waals surface area contributed by atoms with Crippen molar-refractivity contribution in [1.82, 2.24) is 14.9 Å². The monoisotopic (exact) mass is 444 g/mol. The van der Waals surface area contributed by atoms with Gasteiger partial charge in [-0.25, -0.2) is 9.97 Å². The van der Waals surface area contributed by atoms with E-state index in [1.165, 1.54) is 9.80 Å². The van der Waals surface area contributed by atoms with Gasteiger partial charge in [0.1, 0.15) is 12.1 Å². The van der Waals surface area contributed by atoms with Crippen molar-refractivity contribution in [2.75, 3.05) is 32.1 Å². The topological polar surface area (TPSA) is 92.7 Å². The van der Waals surface area contributed by atoms with Gasteiger partial charge in [-0.3, -0.25) is 14.4 Å². The predicted molar refractivity (Wildman–Crippen MR) is 116 cm³/mol. The van der Waals surface area contributed by atoms with Crippen LogP contribution < -0.4 is 4.90 Å². The number of carbonyl (C=O) groups excluding carboxylic acids is 3. The Balaban J connectivity index is 1.70. The van der Waals surface area contributed by atoms with Crippen LogP contribution in [0.25, 0.3) is 0 Å². The summed E-state index contributed by atoms with van der Waals surface area (Å²) in [5.74, 6) is -0.760. The third kappa shape index (κ3) is 4.85. The molecular formula is C22H25ClN4O4. The van der Waals surface area contributed by atoms with Gasteiger partial charge in [-0.2, -0.15) is 0 Å². The molecule has 1 heterocycles. The molecule has 3 rings (SSSR count). The molecule has 1 saturated carbocycles. The van der Waals surface area contributed by atoms with Crippen molar-refractivity contribution in [3.8, 4) is 0 Å². The van der Waals surface area contributed by atoms with E-state index in [2.05, 4.69) is 9.97 Å². The third-order valence-electron chi connectivity index (χ3n) is 5.54. The van der Waals surface area contributed by atoms with Crippen molar-refractivity contribution >= 4 is 35.2 Å². The minimum Gasteiger partial charge on any atom is -0.454 e. The van der Waals surface area contributed by atoms with E-state index in [1.54, 1.807) is 56.8 Å². The zero-order chi connectivity index (χ0) is 22.4. The van der Waals surface area contributed by atoms with E-state index in [1.807, 2.05) is 0 Å². The van der Waals surface area contributed by atoms with Gasteiger partial charge in [-0.15, -0.1) is 0 Å². The van der Waals surface area contributed by atoms with Crippen LogP contribution in [0, 0.1) is 0 Å². The molecule has 2 aromatic rings. The van der Waals surface area contributed by atoms with Gasteiger partial charge in [0.25, 0.3) is 5.91 Å². The fraction of sp³-hybridized carbons (Fsp3) is 0.409. The van der Waals surface area contributed by atoms with E-state index >= 15 is 0 Å². The standard InChI is InChI=1S/C22H25ClN4O4/c1-26(21-24-12-7-13-25-21)14-20(30)31-15-19(29)27(2)22(11-6-5-10-18(22)28)16-8-3-4-9-17(16)23/h3-4,7-9,12-13H,5-6,10-11,14-15H2,1-2H3/t22-/m1/s1. The van der Waals surface area contributed by atoms with E-state index in [4.69, 9.17) is 16.3 Å². The van der Waals surface area contributed by atoms with E-state index in [9.17, 15) is 14.4 Å². The number of carbonyl (C=O) groups is 3. The highest BCUT2D eigenvalue weighted by Gasteiger charge is 2.48. The number of Topliss-reactive ketones (excluding diaryl/α,β-unsaturated/α-hetero) is 1. The number of ketones is 1. The molecule has 1 fully saturated rings. The third-order valence-corrected chi connectivity index (χ3v) is 5.87. The summed E-state index contributed by atoms with van der Waals surface area (Å²) in [4.78, 5) is 49.3. The van der Waals surface area contributed by atoms with Gasteiger partial charge in [0, 0.05) is 43.5 Å². The summed E-state index contributed by atoms with van der Waals surface area (Å²) >= 11 is 6.41. The molecule has 1 aromatic carbocycles. The number of halogens is 1. The van der Waals surface area contributed by atoms with Crippen molar-refractivity contribution in [2.45, 2.75) is 31.2 Å². The van der Waals surface area contributed by atoms with Crippen molar-refractivity contribution in [2.24, 2.45) is 0 Å². The van der Waals surface area contributed by atoms with Gasteiger partial charge in [-0.05, 0) is 31.4 Å². The lowest BCUT2D eigenvalue weighted by Crippen LogP contribution is -2.55. The molecule has 9 heteroatoms. The number of amides is 1. The van der Waals surface area contributed by atoms with Gasteiger partial charge in [-0.1, -0.05) is 29.8 Å². The molecule has 1 aliphatic carbocycles. The molecular weight excluding hydrogens is 420 g/mol. The molecule has 0 saturated heterocycles. The van der Waals surface area contributed by atoms with Crippen LogP contribution in [0.3, 0.4) is 0 Å². The highest BCUT2D eigenvalue weighted by atomic mass is 35.5. The Morgan fingerprint density at radius 1 is 1.13 bits per heavy atom. The number of esters is 1. The summed E-state index contributed by atoms with van der Waals surface area (Å²) in [5, 5.41) is 0.430. The molecule has 0 radical (unpaired) electrons. The average Bonchev–Trinajstić information content (AvgIpc) is 2.78. The lowest BCUT2D eigenvalue weighted by atomic mass is 9.74. The van der Waals surface area contributed by atoms with Gasteiger partial charge in [0.2, 0.25) is 5.95 Å². The molecule has 0 N–H and O–H groups in total. The zero-order valence-electron chi connectivity index (χ0n) is 17.6. The Morgan fingerprint density at radius 3 is 2.52 bits per heavy atom. The number of ether oxygens (including phenoxy) is 1. The number of anilines is 1. The second kappa shape index (κ2) is 9.87. The van der Waals surface area contributed by atoms with E-state index in [-0.39, 0.29) is 12.3 Å². The van der Waals surface area contributed by atoms with Crippen LogP contribution in [0.2, 0.25) is 5.02 Å². The molecule has 1 aromatic heterocycles. The van der Waals surface area contributed by atoms with Gasteiger partial charge in [0.15, 0.2) is 12.4 Å². The van der Waals surface area contributed by atoms with Crippen molar-refractivity contribution in [3.63, 3.8) is 0 Å². The van der Waals surface area contributed by atoms with E-state index < -0.39 is 24.0 Å². The number of hydrogen-bond donors (Lipinski definition) is 0. The molecule has 164 valence electrons. The SMILES string of the molecule is CN(CC(=O)OCC(=O)N(C)[C@@]1(c2ccccc2Cl)CCCCC1=O)c1ncccn1. The minimum absolute atomic E-state index is 0.0602. The Morgan fingerprint density at radius 2 is 1.84 bits per heavy atom. The second-order valence-corrected chi connectivity index (χ2v) is 7.90. The summed E-state index contributed by atoms with van der Waals surface area (Å²) in [7, 11) is 3.21. The molecule has 0 aliphatic heterocycles. The first-order chi connectivity index (χ1) is 14.9. The van der Waals surface area contributed by atoms with E-state index in [0.717, 1.165) is 12.8 Å². The van der Waals surface area contributed by atoms with Gasteiger partial charge in [0.05, 0.1) is 0 Å². The lowest BCUT2D eigenvalue weighted by Gasteiger charge is -2.43. The maximum Gasteiger partial charge on any atom is 0.326 e. The largest absolute Gasteiger partial charge is 0.454 e. The summed E-state index contributed by atoms with van der Waals surface area (Å²) in [5.41, 5.74) is -0.557. The average molecular weight is 445 g/mol. The summed E-state index contributed by atoms with van der Waals surface area (Å²) in [6.45, 7) is -0.589. The molecule has 1 aliphatic rings. The Labute approximate surface area is 186 Å². The Hall–Kier alpha value is -3.00. The fourth-order valence-corrected chi connectivity index (χ4v) is 4.17. The maximum absolute atomic E-state index is 13.1. The van der Waals surface area contributed by atoms with Crippen LogP contribution in [0.15, 0.2) is 42.7 Å². The van der Waals surface area contributed by atoms with Crippen LogP contribution in [0.5, 0.6) is 0 Å².